The highest BCUT2D eigenvalue weighted by Crippen LogP contribution is 2.48. The first-order chi connectivity index (χ1) is 17.5. The largest absolute Gasteiger partial charge is 0.598 e. The molecular formula is C26H23FN6O2S. The number of carbonyl (C=O) groups excluding carboxylic acids is 1. The standard InChI is InChI=1S/C26H23FN6O2S/c1-36(35)32-10-6-26(7-11-32)21-5-8-28-15-23(21)33(25(26)34)16-22-24(17-4-9-30-31-14-17)20-3-2-19(27)12-18(20)13-29-22/h2-5,8-9,12-15H,6-7,10-11,16H2,1H3. The van der Waals surface area contributed by atoms with Crippen LogP contribution in [0, 0.1) is 5.82 Å². The van der Waals surface area contributed by atoms with Gasteiger partial charge in [-0.2, -0.15) is 10.2 Å². The van der Waals surface area contributed by atoms with E-state index >= 15 is 0 Å². The van der Waals surface area contributed by atoms with Gasteiger partial charge < -0.3 is 9.45 Å². The minimum atomic E-state index is -1.07. The molecule has 36 heavy (non-hydrogen) atoms. The summed E-state index contributed by atoms with van der Waals surface area (Å²) < 4.78 is 27.9. The van der Waals surface area contributed by atoms with E-state index in [4.69, 9.17) is 0 Å². The van der Waals surface area contributed by atoms with Crippen molar-refractivity contribution in [2.45, 2.75) is 24.8 Å². The molecule has 6 rings (SSSR count). The lowest BCUT2D eigenvalue weighted by Gasteiger charge is -2.37. The van der Waals surface area contributed by atoms with E-state index in [0.29, 0.717) is 37.0 Å². The van der Waals surface area contributed by atoms with Crippen molar-refractivity contribution in [2.24, 2.45) is 0 Å². The second-order valence-corrected chi connectivity index (χ2v) is 10.5. The summed E-state index contributed by atoms with van der Waals surface area (Å²) in [4.78, 5) is 24.8. The number of piperidine rings is 1. The van der Waals surface area contributed by atoms with E-state index in [1.54, 1.807) is 48.2 Å². The summed E-state index contributed by atoms with van der Waals surface area (Å²) in [5.74, 6) is -0.335. The second-order valence-electron chi connectivity index (χ2n) is 9.16. The van der Waals surface area contributed by atoms with Gasteiger partial charge in [0.2, 0.25) is 5.91 Å². The van der Waals surface area contributed by atoms with Crippen molar-refractivity contribution in [3.05, 3.63) is 78.4 Å². The van der Waals surface area contributed by atoms with Crippen LogP contribution in [0.15, 0.2) is 61.3 Å². The highest BCUT2D eigenvalue weighted by Gasteiger charge is 2.53. The molecule has 10 heteroatoms. The number of rotatable bonds is 4. The van der Waals surface area contributed by atoms with Gasteiger partial charge in [-0.15, -0.1) is 4.31 Å². The number of fused-ring (bicyclic) bond motifs is 3. The van der Waals surface area contributed by atoms with Gasteiger partial charge >= 0.3 is 0 Å². The Hall–Kier alpha value is -3.47. The Morgan fingerprint density at radius 2 is 1.92 bits per heavy atom. The van der Waals surface area contributed by atoms with Gasteiger partial charge in [0.15, 0.2) is 0 Å². The van der Waals surface area contributed by atoms with E-state index in [1.165, 1.54) is 12.1 Å². The molecule has 0 N–H and O–H groups in total. The molecule has 1 aromatic carbocycles. The van der Waals surface area contributed by atoms with Crippen LogP contribution in [0.1, 0.15) is 24.1 Å². The molecule has 2 aliphatic rings. The van der Waals surface area contributed by atoms with E-state index in [0.717, 1.165) is 27.8 Å². The van der Waals surface area contributed by atoms with Crippen molar-refractivity contribution in [3.8, 4) is 11.1 Å². The quantitative estimate of drug-likeness (QED) is 0.395. The number of amides is 1. The number of benzene rings is 1. The van der Waals surface area contributed by atoms with Gasteiger partial charge in [0.25, 0.3) is 0 Å². The van der Waals surface area contributed by atoms with Crippen molar-refractivity contribution in [2.75, 3.05) is 24.2 Å². The van der Waals surface area contributed by atoms with Crippen molar-refractivity contribution in [3.63, 3.8) is 0 Å². The highest BCUT2D eigenvalue weighted by molar-refractivity contribution is 7.88. The molecule has 8 nitrogen and oxygen atoms in total. The first kappa shape index (κ1) is 23.0. The summed E-state index contributed by atoms with van der Waals surface area (Å²) in [5, 5.41) is 9.40. The molecule has 0 bridgehead atoms. The van der Waals surface area contributed by atoms with Crippen LogP contribution < -0.4 is 4.90 Å². The third-order valence-corrected chi connectivity index (χ3v) is 8.40. The van der Waals surface area contributed by atoms with Crippen LogP contribution in [0.2, 0.25) is 0 Å². The third-order valence-electron chi connectivity index (χ3n) is 7.31. The molecule has 1 unspecified atom stereocenters. The van der Waals surface area contributed by atoms with Crippen LogP contribution in [0.5, 0.6) is 0 Å². The SMILES string of the molecule is C[S+]([O-])N1CCC2(CC1)C(=O)N(Cc1ncc3cc(F)ccc3c1-c1ccnnc1)c1cnccc12. The maximum absolute atomic E-state index is 14.1. The Kier molecular flexibility index (Phi) is 5.66. The van der Waals surface area contributed by atoms with Crippen molar-refractivity contribution in [1.29, 1.82) is 0 Å². The summed E-state index contributed by atoms with van der Waals surface area (Å²) >= 11 is -1.07. The molecule has 0 aliphatic carbocycles. The molecule has 182 valence electrons. The number of hydrogen-bond donors (Lipinski definition) is 0. The smallest absolute Gasteiger partial charge is 0.238 e. The summed E-state index contributed by atoms with van der Waals surface area (Å²) in [5.41, 5.74) is 3.31. The number of aromatic nitrogens is 4. The monoisotopic (exact) mass is 502 g/mol. The maximum Gasteiger partial charge on any atom is 0.238 e. The summed E-state index contributed by atoms with van der Waals surface area (Å²) in [6.07, 6.45) is 11.2. The second kappa shape index (κ2) is 8.88. The van der Waals surface area contributed by atoms with Gasteiger partial charge in [0.1, 0.15) is 12.1 Å². The third kappa shape index (κ3) is 3.64. The molecule has 1 saturated heterocycles. The molecular weight excluding hydrogens is 479 g/mol. The minimum absolute atomic E-state index is 0.00633. The number of nitrogens with zero attached hydrogens (tertiary/aromatic N) is 6. The van der Waals surface area contributed by atoms with Crippen LogP contribution in [0.4, 0.5) is 10.1 Å². The van der Waals surface area contributed by atoms with Crippen LogP contribution in [-0.2, 0) is 28.1 Å². The van der Waals surface area contributed by atoms with E-state index < -0.39 is 16.8 Å². The number of hydrogen-bond acceptors (Lipinski definition) is 7. The summed E-state index contributed by atoms with van der Waals surface area (Å²) in [6.45, 7) is 1.39. The molecule has 1 spiro atoms. The zero-order valence-corrected chi connectivity index (χ0v) is 20.4. The average Bonchev–Trinajstić information content (AvgIpc) is 3.12. The predicted molar refractivity (Wildman–Crippen MR) is 135 cm³/mol. The van der Waals surface area contributed by atoms with E-state index in [2.05, 4.69) is 20.2 Å². The van der Waals surface area contributed by atoms with E-state index in [1.807, 2.05) is 16.4 Å². The fourth-order valence-electron chi connectivity index (χ4n) is 5.52. The number of carbonyl (C=O) groups is 1. The molecule has 0 saturated carbocycles. The molecule has 4 aromatic rings. The Labute approximate surface area is 210 Å². The molecule has 2 aliphatic heterocycles. The first-order valence-corrected chi connectivity index (χ1v) is 13.2. The number of anilines is 1. The van der Waals surface area contributed by atoms with Gasteiger partial charge in [-0.25, -0.2) is 4.39 Å². The van der Waals surface area contributed by atoms with Crippen LogP contribution in [0.3, 0.4) is 0 Å². The highest BCUT2D eigenvalue weighted by atomic mass is 32.2. The van der Waals surface area contributed by atoms with Gasteiger partial charge in [-0.1, -0.05) is 6.07 Å². The van der Waals surface area contributed by atoms with Gasteiger partial charge in [-0.3, -0.25) is 14.8 Å². The van der Waals surface area contributed by atoms with Gasteiger partial charge in [0.05, 0.1) is 41.9 Å². The fourth-order valence-corrected chi connectivity index (χ4v) is 6.22. The lowest BCUT2D eigenvalue weighted by atomic mass is 9.74. The maximum atomic E-state index is 14.1. The Morgan fingerprint density at radius 3 is 2.67 bits per heavy atom. The topological polar surface area (TPSA) is 98.2 Å². The zero-order valence-electron chi connectivity index (χ0n) is 19.6. The van der Waals surface area contributed by atoms with Crippen LogP contribution >= 0.6 is 0 Å². The van der Waals surface area contributed by atoms with Gasteiger partial charge in [-0.05, 0) is 48.1 Å². The average molecular weight is 503 g/mol. The predicted octanol–water partition coefficient (Wildman–Crippen LogP) is 3.40. The van der Waals surface area contributed by atoms with Crippen molar-refractivity contribution in [1.82, 2.24) is 24.5 Å². The molecule has 0 radical (unpaired) electrons. The van der Waals surface area contributed by atoms with Gasteiger partial charge in [0, 0.05) is 53.4 Å². The lowest BCUT2D eigenvalue weighted by Crippen LogP contribution is -2.49. The normalized spacial score (nSPS) is 18.1. The molecule has 1 atom stereocenters. The lowest BCUT2D eigenvalue weighted by molar-refractivity contribution is -0.124. The Morgan fingerprint density at radius 1 is 1.08 bits per heavy atom. The molecule has 1 fully saturated rings. The summed E-state index contributed by atoms with van der Waals surface area (Å²) in [6, 6.07) is 8.36. The zero-order chi connectivity index (χ0) is 24.9. The van der Waals surface area contributed by atoms with Crippen molar-refractivity contribution >= 4 is 33.7 Å². The van der Waals surface area contributed by atoms with E-state index in [9.17, 15) is 13.7 Å². The molecule has 5 heterocycles. The Bertz CT molecular complexity index is 1460. The van der Waals surface area contributed by atoms with Crippen LogP contribution in [0.25, 0.3) is 21.9 Å². The Balaban J connectivity index is 1.44. The van der Waals surface area contributed by atoms with Crippen LogP contribution in [-0.4, -0.2) is 54.3 Å². The molecule has 3 aromatic heterocycles. The van der Waals surface area contributed by atoms with Crippen molar-refractivity contribution < 1.29 is 13.7 Å². The van der Waals surface area contributed by atoms with E-state index in [-0.39, 0.29) is 18.3 Å². The number of pyridine rings is 2. The minimum Gasteiger partial charge on any atom is -0.598 e. The number of halogens is 1. The first-order valence-electron chi connectivity index (χ1n) is 11.7. The summed E-state index contributed by atoms with van der Waals surface area (Å²) in [7, 11) is 0. The molecule has 1 amide bonds. The fraction of sp³-hybridized carbons (Fsp3) is 0.269.